The molecular formula is C28H31NO5. The van der Waals surface area contributed by atoms with Gasteiger partial charge >= 0.3 is 11.9 Å². The number of cyclic esters (lactones) is 1. The Balaban J connectivity index is 1.49. The second kappa shape index (κ2) is 9.09. The van der Waals surface area contributed by atoms with Crippen LogP contribution in [-0.4, -0.2) is 30.1 Å². The van der Waals surface area contributed by atoms with Crippen molar-refractivity contribution in [2.24, 2.45) is 11.3 Å². The Morgan fingerprint density at radius 3 is 2.47 bits per heavy atom. The van der Waals surface area contributed by atoms with E-state index in [1.165, 1.54) is 0 Å². The third kappa shape index (κ3) is 4.91. The van der Waals surface area contributed by atoms with E-state index < -0.39 is 23.0 Å². The molecule has 1 aliphatic carbocycles. The van der Waals surface area contributed by atoms with Gasteiger partial charge in [0.05, 0.1) is 12.0 Å². The Hall–Kier alpha value is -3.41. The van der Waals surface area contributed by atoms with Crippen LogP contribution >= 0.6 is 0 Å². The maximum atomic E-state index is 13.0. The molecule has 1 saturated heterocycles. The predicted octanol–water partition coefficient (Wildman–Crippen LogP) is 4.55. The molecule has 0 radical (unpaired) electrons. The van der Waals surface area contributed by atoms with E-state index in [4.69, 9.17) is 9.47 Å². The number of benzene rings is 2. The van der Waals surface area contributed by atoms with Gasteiger partial charge in [-0.05, 0) is 63.3 Å². The van der Waals surface area contributed by atoms with Crippen LogP contribution in [0, 0.1) is 11.3 Å². The zero-order valence-corrected chi connectivity index (χ0v) is 19.9. The monoisotopic (exact) mass is 461 g/mol. The quantitative estimate of drug-likeness (QED) is 0.504. The normalized spacial score (nSPS) is 22.6. The SMILES string of the molecule is C=C1CC2COC(=O)C2(Cc2ccc(C(=O)N[C@H](C(=O)OC(C)(C)C)c3ccccc3)cc2)C1. The molecule has 2 aromatic carbocycles. The number of ether oxygens (including phenoxy) is 2. The summed E-state index contributed by atoms with van der Waals surface area (Å²) >= 11 is 0. The largest absolute Gasteiger partial charge is 0.465 e. The standard InChI is InChI=1S/C28H31NO5/c1-18-14-22-17-33-26(32)28(22,15-18)16-19-10-12-21(13-11-19)24(30)29-23(20-8-6-5-7-9-20)25(31)34-27(2,3)4/h5-13,22-23H,1,14-17H2,2-4H3,(H,29,30)/t22?,23-,28?/m0/s1. The van der Waals surface area contributed by atoms with E-state index in [9.17, 15) is 14.4 Å². The molecule has 34 heavy (non-hydrogen) atoms. The lowest BCUT2D eigenvalue weighted by Gasteiger charge is -2.25. The highest BCUT2D eigenvalue weighted by Gasteiger charge is 2.55. The van der Waals surface area contributed by atoms with Crippen LogP contribution in [0.5, 0.6) is 0 Å². The summed E-state index contributed by atoms with van der Waals surface area (Å²) in [4.78, 5) is 38.4. The van der Waals surface area contributed by atoms with Gasteiger partial charge in [0.1, 0.15) is 5.60 Å². The molecule has 6 nitrogen and oxygen atoms in total. The van der Waals surface area contributed by atoms with Crippen LogP contribution < -0.4 is 5.32 Å². The summed E-state index contributed by atoms with van der Waals surface area (Å²) in [5.74, 6) is -0.885. The summed E-state index contributed by atoms with van der Waals surface area (Å²) in [7, 11) is 0. The molecule has 2 fully saturated rings. The number of esters is 2. The minimum atomic E-state index is -0.926. The number of amides is 1. The molecule has 6 heteroatoms. The number of hydrogen-bond acceptors (Lipinski definition) is 5. The summed E-state index contributed by atoms with van der Waals surface area (Å²) in [5, 5.41) is 2.81. The van der Waals surface area contributed by atoms with E-state index in [0.717, 1.165) is 17.6 Å². The third-order valence-corrected chi connectivity index (χ3v) is 6.49. The van der Waals surface area contributed by atoms with Crippen molar-refractivity contribution < 1.29 is 23.9 Å². The highest BCUT2D eigenvalue weighted by Crippen LogP contribution is 2.52. The average Bonchev–Trinajstić information content (AvgIpc) is 3.25. The number of nitrogens with one attached hydrogen (secondary N) is 1. The molecule has 0 bridgehead atoms. The maximum Gasteiger partial charge on any atom is 0.333 e. The molecule has 2 aromatic rings. The third-order valence-electron chi connectivity index (χ3n) is 6.49. The number of rotatable bonds is 6. The van der Waals surface area contributed by atoms with Gasteiger partial charge in [0.15, 0.2) is 6.04 Å². The zero-order chi connectivity index (χ0) is 24.5. The molecule has 0 spiro atoms. The van der Waals surface area contributed by atoms with Gasteiger partial charge in [-0.3, -0.25) is 9.59 Å². The number of carbonyl (C=O) groups is 3. The average molecular weight is 462 g/mol. The molecule has 2 aliphatic rings. The number of carbonyl (C=O) groups excluding carboxylic acids is 3. The minimum Gasteiger partial charge on any atom is -0.465 e. The van der Waals surface area contributed by atoms with Crippen LogP contribution in [-0.2, 0) is 25.5 Å². The highest BCUT2D eigenvalue weighted by molar-refractivity contribution is 5.97. The van der Waals surface area contributed by atoms with E-state index in [1.807, 2.05) is 30.3 Å². The van der Waals surface area contributed by atoms with Crippen molar-refractivity contribution in [1.82, 2.24) is 5.32 Å². The van der Waals surface area contributed by atoms with Gasteiger partial charge in [0.2, 0.25) is 0 Å². The van der Waals surface area contributed by atoms with Crippen LogP contribution in [0.1, 0.15) is 61.1 Å². The van der Waals surface area contributed by atoms with E-state index in [2.05, 4.69) is 11.9 Å². The summed E-state index contributed by atoms with van der Waals surface area (Å²) in [6.07, 6.45) is 2.02. The van der Waals surface area contributed by atoms with Crippen molar-refractivity contribution in [2.75, 3.05) is 6.61 Å². The zero-order valence-electron chi connectivity index (χ0n) is 19.9. The number of allylic oxidation sites excluding steroid dienone is 1. The Bertz CT molecular complexity index is 1100. The first-order valence-electron chi connectivity index (χ1n) is 11.6. The van der Waals surface area contributed by atoms with Crippen LogP contribution in [0.3, 0.4) is 0 Å². The van der Waals surface area contributed by atoms with Crippen LogP contribution in [0.2, 0.25) is 0 Å². The fourth-order valence-corrected chi connectivity index (χ4v) is 4.90. The molecule has 1 saturated carbocycles. The van der Waals surface area contributed by atoms with Crippen molar-refractivity contribution in [3.05, 3.63) is 83.4 Å². The first kappa shape index (κ1) is 23.7. The molecule has 0 aromatic heterocycles. The Morgan fingerprint density at radius 1 is 1.15 bits per heavy atom. The predicted molar refractivity (Wildman–Crippen MR) is 128 cm³/mol. The summed E-state index contributed by atoms with van der Waals surface area (Å²) in [6, 6.07) is 15.3. The van der Waals surface area contributed by atoms with E-state index in [-0.39, 0.29) is 17.8 Å². The van der Waals surface area contributed by atoms with Gasteiger partial charge in [-0.25, -0.2) is 4.79 Å². The molecule has 4 rings (SSSR count). The Labute approximate surface area is 200 Å². The lowest BCUT2D eigenvalue weighted by molar-refractivity contribution is -0.157. The van der Waals surface area contributed by atoms with Gasteiger partial charge in [0.25, 0.3) is 5.91 Å². The van der Waals surface area contributed by atoms with Gasteiger partial charge in [-0.1, -0.05) is 54.6 Å². The van der Waals surface area contributed by atoms with Gasteiger partial charge in [0, 0.05) is 11.5 Å². The van der Waals surface area contributed by atoms with Crippen LogP contribution in [0.15, 0.2) is 66.7 Å². The number of hydrogen-bond donors (Lipinski definition) is 1. The molecule has 178 valence electrons. The van der Waals surface area contributed by atoms with E-state index in [0.29, 0.717) is 30.6 Å². The second-order valence-corrected chi connectivity index (χ2v) is 10.3. The fourth-order valence-electron chi connectivity index (χ4n) is 4.90. The van der Waals surface area contributed by atoms with Crippen LogP contribution in [0.4, 0.5) is 0 Å². The lowest BCUT2D eigenvalue weighted by atomic mass is 9.75. The first-order chi connectivity index (χ1) is 16.1. The Kier molecular flexibility index (Phi) is 6.34. The van der Waals surface area contributed by atoms with Gasteiger partial charge < -0.3 is 14.8 Å². The molecule has 1 aliphatic heterocycles. The minimum absolute atomic E-state index is 0.152. The number of fused-ring (bicyclic) bond motifs is 1. The van der Waals surface area contributed by atoms with E-state index in [1.54, 1.807) is 45.0 Å². The highest BCUT2D eigenvalue weighted by atomic mass is 16.6. The van der Waals surface area contributed by atoms with Crippen molar-refractivity contribution in [3.8, 4) is 0 Å². The topological polar surface area (TPSA) is 81.7 Å². The molecule has 1 heterocycles. The first-order valence-corrected chi connectivity index (χ1v) is 11.6. The molecule has 1 amide bonds. The van der Waals surface area contributed by atoms with E-state index >= 15 is 0 Å². The fraction of sp³-hybridized carbons (Fsp3) is 0.393. The van der Waals surface area contributed by atoms with Gasteiger partial charge in [-0.15, -0.1) is 0 Å². The summed E-state index contributed by atoms with van der Waals surface area (Å²) < 4.78 is 10.9. The van der Waals surface area contributed by atoms with Crippen molar-refractivity contribution in [3.63, 3.8) is 0 Å². The van der Waals surface area contributed by atoms with Crippen molar-refractivity contribution >= 4 is 17.8 Å². The Morgan fingerprint density at radius 2 is 1.82 bits per heavy atom. The molecule has 1 N–H and O–H groups in total. The lowest BCUT2D eigenvalue weighted by Crippen LogP contribution is -2.38. The molecule has 3 atom stereocenters. The second-order valence-electron chi connectivity index (χ2n) is 10.3. The van der Waals surface area contributed by atoms with Gasteiger partial charge in [-0.2, -0.15) is 0 Å². The van der Waals surface area contributed by atoms with Crippen LogP contribution in [0.25, 0.3) is 0 Å². The summed E-state index contributed by atoms with van der Waals surface area (Å²) in [6.45, 7) is 9.90. The summed E-state index contributed by atoms with van der Waals surface area (Å²) in [5.41, 5.74) is 1.89. The smallest absolute Gasteiger partial charge is 0.333 e. The molecule has 2 unspecified atom stereocenters. The molecular weight excluding hydrogens is 430 g/mol. The van der Waals surface area contributed by atoms with Crippen molar-refractivity contribution in [1.29, 1.82) is 0 Å². The van der Waals surface area contributed by atoms with Crippen molar-refractivity contribution in [2.45, 2.75) is 51.7 Å². The maximum absolute atomic E-state index is 13.0.